The molecule has 1 aliphatic heterocycles. The predicted molar refractivity (Wildman–Crippen MR) is 124 cm³/mol. The molecule has 0 unspecified atom stereocenters. The molecule has 0 aromatic heterocycles. The molecule has 11 nitrogen and oxygen atoms in total. The zero-order valence-corrected chi connectivity index (χ0v) is 20.4. The van der Waals surface area contributed by atoms with Crippen molar-refractivity contribution in [1.29, 1.82) is 0 Å². The molecule has 34 heavy (non-hydrogen) atoms. The fraction of sp³-hybridized carbons (Fsp3) is 0.286. The number of hydrogen-bond donors (Lipinski definition) is 2. The van der Waals surface area contributed by atoms with E-state index in [0.29, 0.717) is 11.1 Å². The molecule has 2 N–H and O–H groups in total. The average molecular weight is 509 g/mol. The van der Waals surface area contributed by atoms with Crippen molar-refractivity contribution in [3.05, 3.63) is 53.6 Å². The van der Waals surface area contributed by atoms with E-state index < -0.39 is 38.5 Å². The molecule has 0 spiro atoms. The number of anilines is 1. The molecule has 2 aromatic carbocycles. The predicted octanol–water partition coefficient (Wildman–Crippen LogP) is 0.856. The summed E-state index contributed by atoms with van der Waals surface area (Å²) in [5.74, 6) is -1.20. The molecule has 0 atom stereocenters. The van der Waals surface area contributed by atoms with Gasteiger partial charge in [-0.15, -0.1) is 0 Å². The maximum atomic E-state index is 12.3. The van der Waals surface area contributed by atoms with Gasteiger partial charge in [-0.1, -0.05) is 18.2 Å². The third kappa shape index (κ3) is 5.61. The molecular formula is C21H24N4O7S2. The fourth-order valence-electron chi connectivity index (χ4n) is 3.02. The molecule has 1 heterocycles. The normalized spacial score (nSPS) is 15.6. The number of amides is 1. The van der Waals surface area contributed by atoms with Crippen LogP contribution < -0.4 is 10.0 Å². The summed E-state index contributed by atoms with van der Waals surface area (Å²) in [4.78, 5) is 28.4. The number of aliphatic imine (C=N–C) groups is 1. The molecule has 0 fully saturated rings. The van der Waals surface area contributed by atoms with Gasteiger partial charge in [-0.25, -0.2) is 21.1 Å². The Balaban J connectivity index is 1.54. The van der Waals surface area contributed by atoms with Crippen molar-refractivity contribution in [1.82, 2.24) is 9.03 Å². The lowest BCUT2D eigenvalue weighted by molar-refractivity contribution is -0.147. The van der Waals surface area contributed by atoms with Crippen LogP contribution in [0.15, 0.2) is 57.2 Å². The van der Waals surface area contributed by atoms with E-state index in [2.05, 4.69) is 15.0 Å². The van der Waals surface area contributed by atoms with Gasteiger partial charge in [-0.05, 0) is 36.8 Å². The van der Waals surface area contributed by atoms with Crippen molar-refractivity contribution in [2.24, 2.45) is 4.99 Å². The van der Waals surface area contributed by atoms with Crippen LogP contribution in [0.3, 0.4) is 0 Å². The molecule has 0 bridgehead atoms. The zero-order valence-electron chi connectivity index (χ0n) is 18.7. The summed E-state index contributed by atoms with van der Waals surface area (Å²) < 4.78 is 57.0. The van der Waals surface area contributed by atoms with Crippen molar-refractivity contribution >= 4 is 43.4 Å². The number of nitrogens with zero attached hydrogens (tertiary/aromatic N) is 2. The molecular weight excluding hydrogens is 484 g/mol. The number of sulfonamides is 2. The number of benzene rings is 2. The Labute approximate surface area is 197 Å². The van der Waals surface area contributed by atoms with Crippen LogP contribution in [-0.2, 0) is 34.4 Å². The maximum absolute atomic E-state index is 12.3. The largest absolute Gasteiger partial charge is 0.456 e. The number of hydrogen-bond acceptors (Lipinski definition) is 8. The Morgan fingerprint density at radius 3 is 2.56 bits per heavy atom. The van der Waals surface area contributed by atoms with Gasteiger partial charge in [0.25, 0.3) is 15.9 Å². The molecule has 13 heteroatoms. The van der Waals surface area contributed by atoms with Crippen LogP contribution in [0.25, 0.3) is 0 Å². The number of nitrogens with one attached hydrogen (secondary N) is 2. The summed E-state index contributed by atoms with van der Waals surface area (Å²) in [6, 6.07) is 10.7. The SMILES string of the molecule is Cc1ccc(S(=O)(=O)N(C)C)cc1NC(=O)COC(=O)CCN=C1NS(=O)(=O)c2ccccc21. The number of aryl methyl sites for hydroxylation is 1. The lowest BCUT2D eigenvalue weighted by Gasteiger charge is -2.14. The summed E-state index contributed by atoms with van der Waals surface area (Å²) in [5, 5.41) is 2.53. The van der Waals surface area contributed by atoms with Gasteiger partial charge >= 0.3 is 5.97 Å². The minimum absolute atomic E-state index is 0.0126. The Hall–Kier alpha value is -3.29. The number of rotatable bonds is 8. The van der Waals surface area contributed by atoms with Gasteiger partial charge in [0.05, 0.1) is 22.8 Å². The third-order valence-corrected chi connectivity index (χ3v) is 8.08. The van der Waals surface area contributed by atoms with E-state index in [0.717, 1.165) is 4.31 Å². The van der Waals surface area contributed by atoms with Crippen LogP contribution >= 0.6 is 0 Å². The molecule has 3 rings (SSSR count). The van der Waals surface area contributed by atoms with Crippen molar-refractivity contribution in [3.63, 3.8) is 0 Å². The van der Waals surface area contributed by atoms with Gasteiger partial charge in [0.1, 0.15) is 5.84 Å². The highest BCUT2D eigenvalue weighted by molar-refractivity contribution is 7.90. The van der Waals surface area contributed by atoms with Crippen LogP contribution in [0.1, 0.15) is 17.5 Å². The first-order valence-corrected chi connectivity index (χ1v) is 13.0. The van der Waals surface area contributed by atoms with Gasteiger partial charge in [-0.3, -0.25) is 19.3 Å². The summed E-state index contributed by atoms with van der Waals surface area (Å²) in [7, 11) is -4.55. The summed E-state index contributed by atoms with van der Waals surface area (Å²) in [6.07, 6.45) is -0.170. The minimum atomic E-state index is -3.68. The molecule has 0 saturated carbocycles. The van der Waals surface area contributed by atoms with E-state index >= 15 is 0 Å². The van der Waals surface area contributed by atoms with Gasteiger partial charge in [0, 0.05) is 25.3 Å². The first-order chi connectivity index (χ1) is 15.9. The third-order valence-electron chi connectivity index (χ3n) is 4.87. The lowest BCUT2D eigenvalue weighted by Crippen LogP contribution is -2.24. The number of esters is 1. The van der Waals surface area contributed by atoms with E-state index in [1.54, 1.807) is 31.2 Å². The lowest BCUT2D eigenvalue weighted by atomic mass is 10.2. The number of ether oxygens (including phenoxy) is 1. The van der Waals surface area contributed by atoms with Gasteiger partial charge < -0.3 is 10.1 Å². The van der Waals surface area contributed by atoms with Crippen LogP contribution in [0.2, 0.25) is 0 Å². The van der Waals surface area contributed by atoms with Crippen LogP contribution in [0.4, 0.5) is 5.69 Å². The second kappa shape index (κ2) is 9.91. The standard InChI is InChI=1S/C21H24N4O7S2/c1-14-8-9-15(34(30,31)25(2)3)12-17(14)23-19(26)13-32-20(27)10-11-22-21-16-6-4-5-7-18(16)33(28,29)24-21/h4-9,12H,10-11,13H2,1-3H3,(H,22,24)(H,23,26). The Morgan fingerprint density at radius 1 is 1.15 bits per heavy atom. The molecule has 0 aliphatic carbocycles. The number of amidine groups is 1. The van der Waals surface area contributed by atoms with Gasteiger partial charge in [-0.2, -0.15) is 0 Å². The Morgan fingerprint density at radius 2 is 1.85 bits per heavy atom. The van der Waals surface area contributed by atoms with Crippen molar-refractivity contribution in [2.75, 3.05) is 32.6 Å². The number of carbonyl (C=O) groups excluding carboxylic acids is 2. The first-order valence-electron chi connectivity index (χ1n) is 10.1. The maximum Gasteiger partial charge on any atom is 0.308 e. The van der Waals surface area contributed by atoms with Crippen molar-refractivity contribution in [2.45, 2.75) is 23.1 Å². The van der Waals surface area contributed by atoms with Crippen molar-refractivity contribution in [3.8, 4) is 0 Å². The highest BCUT2D eigenvalue weighted by Crippen LogP contribution is 2.23. The average Bonchev–Trinajstić information content (AvgIpc) is 3.04. The summed E-state index contributed by atoms with van der Waals surface area (Å²) in [5.41, 5.74) is 1.33. The van der Waals surface area contributed by atoms with Gasteiger partial charge in [0.15, 0.2) is 6.61 Å². The second-order valence-electron chi connectivity index (χ2n) is 7.56. The van der Waals surface area contributed by atoms with Crippen LogP contribution in [0.5, 0.6) is 0 Å². The summed E-state index contributed by atoms with van der Waals surface area (Å²) in [6.45, 7) is 1.08. The highest BCUT2D eigenvalue weighted by Gasteiger charge is 2.30. The van der Waals surface area contributed by atoms with Gasteiger partial charge in [0.2, 0.25) is 10.0 Å². The van der Waals surface area contributed by atoms with E-state index in [1.165, 1.54) is 32.3 Å². The first kappa shape index (κ1) is 25.3. The quantitative estimate of drug-likeness (QED) is 0.502. The molecule has 0 radical (unpaired) electrons. The minimum Gasteiger partial charge on any atom is -0.456 e. The number of fused-ring (bicyclic) bond motifs is 1. The molecule has 2 aromatic rings. The molecule has 0 saturated heterocycles. The van der Waals surface area contributed by atoms with Crippen LogP contribution in [0, 0.1) is 6.92 Å². The highest BCUT2D eigenvalue weighted by atomic mass is 32.2. The fourth-order valence-corrected chi connectivity index (χ4v) is 5.20. The second-order valence-corrected chi connectivity index (χ2v) is 11.4. The molecule has 1 amide bonds. The van der Waals surface area contributed by atoms with Crippen LogP contribution in [-0.4, -0.2) is 66.1 Å². The molecule has 182 valence electrons. The summed E-state index contributed by atoms with van der Waals surface area (Å²) >= 11 is 0. The van der Waals surface area contributed by atoms with E-state index in [1.807, 2.05) is 0 Å². The van der Waals surface area contributed by atoms with E-state index in [4.69, 9.17) is 4.74 Å². The zero-order chi connectivity index (χ0) is 25.1. The topological polar surface area (TPSA) is 151 Å². The van der Waals surface area contributed by atoms with E-state index in [-0.39, 0.29) is 34.3 Å². The number of carbonyl (C=O) groups is 2. The molecule has 1 aliphatic rings. The Kier molecular flexibility index (Phi) is 7.38. The van der Waals surface area contributed by atoms with Crippen molar-refractivity contribution < 1.29 is 31.2 Å². The smallest absolute Gasteiger partial charge is 0.308 e. The Bertz CT molecular complexity index is 1370. The monoisotopic (exact) mass is 508 g/mol. The van der Waals surface area contributed by atoms with E-state index in [9.17, 15) is 26.4 Å².